The minimum Gasteiger partial charge on any atom is -0.340 e. The lowest BCUT2D eigenvalue weighted by atomic mass is 10.2. The van der Waals surface area contributed by atoms with Gasteiger partial charge in [-0.25, -0.2) is 14.6 Å². The fourth-order valence-corrected chi connectivity index (χ4v) is 3.49. The molecule has 0 aromatic carbocycles. The summed E-state index contributed by atoms with van der Waals surface area (Å²) < 4.78 is 1.67. The van der Waals surface area contributed by atoms with E-state index in [0.717, 1.165) is 44.7 Å². The Balaban J connectivity index is 1.42. The molecule has 1 N–H and O–H groups in total. The first-order valence-corrected chi connectivity index (χ1v) is 9.52. The summed E-state index contributed by atoms with van der Waals surface area (Å²) >= 11 is 0. The highest BCUT2D eigenvalue weighted by Crippen LogP contribution is 2.15. The molecule has 0 bridgehead atoms. The maximum Gasteiger partial charge on any atom is 0.258 e. The Bertz CT molecular complexity index is 1030. The summed E-state index contributed by atoms with van der Waals surface area (Å²) in [6.07, 6.45) is 8.16. The van der Waals surface area contributed by atoms with Crippen LogP contribution in [0, 0.1) is 0 Å². The molecule has 9 heteroatoms. The molecule has 3 aromatic heterocycles. The van der Waals surface area contributed by atoms with Crippen LogP contribution in [-0.4, -0.2) is 73.2 Å². The Labute approximate surface area is 162 Å². The van der Waals surface area contributed by atoms with E-state index in [2.05, 4.69) is 25.0 Å². The van der Waals surface area contributed by atoms with E-state index in [0.29, 0.717) is 23.1 Å². The Morgan fingerprint density at radius 2 is 2.04 bits per heavy atom. The molecule has 1 aliphatic rings. The van der Waals surface area contributed by atoms with E-state index in [1.165, 1.54) is 6.33 Å². The van der Waals surface area contributed by atoms with Crippen LogP contribution >= 0.6 is 0 Å². The van der Waals surface area contributed by atoms with Gasteiger partial charge in [0.05, 0.1) is 17.9 Å². The van der Waals surface area contributed by atoms with E-state index in [1.807, 2.05) is 24.2 Å². The molecule has 1 amide bonds. The number of aromatic amines is 1. The van der Waals surface area contributed by atoms with Crippen molar-refractivity contribution in [2.24, 2.45) is 0 Å². The van der Waals surface area contributed by atoms with Crippen LogP contribution in [0.4, 0.5) is 0 Å². The maximum absolute atomic E-state index is 11.9. The lowest BCUT2D eigenvalue weighted by Gasteiger charge is -2.34. The van der Waals surface area contributed by atoms with Crippen LogP contribution in [0.15, 0.2) is 35.8 Å². The Kier molecular flexibility index (Phi) is 5.16. The van der Waals surface area contributed by atoms with Crippen molar-refractivity contribution >= 4 is 16.8 Å². The molecule has 3 aromatic rings. The van der Waals surface area contributed by atoms with E-state index in [-0.39, 0.29) is 11.5 Å². The first-order valence-electron chi connectivity index (χ1n) is 9.52. The smallest absolute Gasteiger partial charge is 0.258 e. The number of nitrogens with zero attached hydrogens (tertiary/aromatic N) is 6. The van der Waals surface area contributed by atoms with E-state index < -0.39 is 0 Å². The van der Waals surface area contributed by atoms with Crippen LogP contribution in [0.25, 0.3) is 16.7 Å². The van der Waals surface area contributed by atoms with Crippen molar-refractivity contribution in [3.8, 4) is 5.82 Å². The third-order valence-electron chi connectivity index (χ3n) is 5.14. The molecular weight excluding hydrogens is 358 g/mol. The van der Waals surface area contributed by atoms with Crippen molar-refractivity contribution in [3.63, 3.8) is 0 Å². The van der Waals surface area contributed by atoms with Crippen LogP contribution in [0.5, 0.6) is 0 Å². The van der Waals surface area contributed by atoms with Crippen molar-refractivity contribution in [1.82, 2.24) is 34.5 Å². The number of H-pyrrole nitrogens is 1. The summed E-state index contributed by atoms with van der Waals surface area (Å²) in [5, 5.41) is 4.90. The fourth-order valence-electron chi connectivity index (χ4n) is 3.49. The number of pyridine rings is 1. The van der Waals surface area contributed by atoms with E-state index >= 15 is 0 Å². The standard InChI is InChI=1S/C19H23N7O2/c1-2-16(27)25-9-7-24(8-10-25)6-4-14-11-23-26(12-14)18-17-15(3-5-20-18)19(28)22-13-21-17/h3,5,11-13H,2,4,6-10H2,1H3,(H,21,22,28). The van der Waals surface area contributed by atoms with Gasteiger partial charge in [0.2, 0.25) is 5.91 Å². The van der Waals surface area contributed by atoms with Crippen molar-refractivity contribution in [2.75, 3.05) is 32.7 Å². The first-order chi connectivity index (χ1) is 13.7. The van der Waals surface area contributed by atoms with Gasteiger partial charge in [0.1, 0.15) is 5.52 Å². The number of carbonyl (C=O) groups excluding carboxylic acids is 1. The molecule has 0 spiro atoms. The molecule has 0 unspecified atom stereocenters. The van der Waals surface area contributed by atoms with E-state index in [4.69, 9.17) is 0 Å². The quantitative estimate of drug-likeness (QED) is 0.695. The lowest BCUT2D eigenvalue weighted by Crippen LogP contribution is -2.48. The number of piperazine rings is 1. The van der Waals surface area contributed by atoms with Gasteiger partial charge in [-0.1, -0.05) is 6.92 Å². The lowest BCUT2D eigenvalue weighted by molar-refractivity contribution is -0.132. The van der Waals surface area contributed by atoms with Crippen LogP contribution in [-0.2, 0) is 11.2 Å². The predicted molar refractivity (Wildman–Crippen MR) is 104 cm³/mol. The highest BCUT2D eigenvalue weighted by Gasteiger charge is 2.19. The Morgan fingerprint density at radius 3 is 2.82 bits per heavy atom. The molecule has 1 saturated heterocycles. The molecule has 9 nitrogen and oxygen atoms in total. The number of hydrogen-bond acceptors (Lipinski definition) is 6. The van der Waals surface area contributed by atoms with Crippen LogP contribution < -0.4 is 5.56 Å². The monoisotopic (exact) mass is 381 g/mol. The van der Waals surface area contributed by atoms with Gasteiger partial charge in [0, 0.05) is 51.5 Å². The molecule has 0 radical (unpaired) electrons. The highest BCUT2D eigenvalue weighted by atomic mass is 16.2. The van der Waals surface area contributed by atoms with Gasteiger partial charge in [0.25, 0.3) is 5.56 Å². The summed E-state index contributed by atoms with van der Waals surface area (Å²) in [4.78, 5) is 39.2. The number of fused-ring (bicyclic) bond motifs is 1. The zero-order chi connectivity index (χ0) is 19.5. The third kappa shape index (κ3) is 3.65. The number of rotatable bonds is 5. The summed E-state index contributed by atoms with van der Waals surface area (Å²) in [5.41, 5.74) is 1.43. The second kappa shape index (κ2) is 7.89. The molecule has 0 saturated carbocycles. The van der Waals surface area contributed by atoms with Crippen molar-refractivity contribution in [2.45, 2.75) is 19.8 Å². The number of amides is 1. The summed E-state index contributed by atoms with van der Waals surface area (Å²) in [6, 6.07) is 1.65. The molecule has 0 aliphatic carbocycles. The molecule has 4 rings (SSSR count). The van der Waals surface area contributed by atoms with Gasteiger partial charge in [-0.3, -0.25) is 14.5 Å². The van der Waals surface area contributed by atoms with Crippen LogP contribution in [0.3, 0.4) is 0 Å². The molecular formula is C19H23N7O2. The minimum absolute atomic E-state index is 0.193. The molecule has 146 valence electrons. The SMILES string of the molecule is CCC(=O)N1CCN(CCc2cnn(-c3nccc4c(=O)[nH]cnc34)c2)CC1. The van der Waals surface area contributed by atoms with Gasteiger partial charge in [-0.15, -0.1) is 0 Å². The van der Waals surface area contributed by atoms with Gasteiger partial charge < -0.3 is 9.88 Å². The average Bonchev–Trinajstić information content (AvgIpc) is 3.21. The number of nitrogens with one attached hydrogen (secondary N) is 1. The number of carbonyl (C=O) groups is 1. The predicted octanol–water partition coefficient (Wildman–Crippen LogP) is 0.601. The van der Waals surface area contributed by atoms with Gasteiger partial charge in [-0.05, 0) is 18.1 Å². The average molecular weight is 381 g/mol. The molecule has 4 heterocycles. The largest absolute Gasteiger partial charge is 0.340 e. The minimum atomic E-state index is -0.193. The third-order valence-corrected chi connectivity index (χ3v) is 5.14. The number of hydrogen-bond donors (Lipinski definition) is 1. The fraction of sp³-hybridized carbons (Fsp3) is 0.421. The van der Waals surface area contributed by atoms with Gasteiger partial charge in [-0.2, -0.15) is 5.10 Å². The summed E-state index contributed by atoms with van der Waals surface area (Å²) in [7, 11) is 0. The number of aromatic nitrogens is 5. The van der Waals surface area contributed by atoms with Crippen LogP contribution in [0.2, 0.25) is 0 Å². The Hall–Kier alpha value is -3.07. The molecule has 0 atom stereocenters. The van der Waals surface area contributed by atoms with E-state index in [9.17, 15) is 9.59 Å². The zero-order valence-electron chi connectivity index (χ0n) is 15.8. The normalized spacial score (nSPS) is 15.2. The summed E-state index contributed by atoms with van der Waals surface area (Å²) in [6.45, 7) is 6.22. The van der Waals surface area contributed by atoms with Gasteiger partial charge >= 0.3 is 0 Å². The Morgan fingerprint density at radius 1 is 1.21 bits per heavy atom. The highest BCUT2D eigenvalue weighted by molar-refractivity contribution is 5.83. The van der Waals surface area contributed by atoms with Gasteiger partial charge in [0.15, 0.2) is 5.82 Å². The van der Waals surface area contributed by atoms with Crippen molar-refractivity contribution < 1.29 is 4.79 Å². The van der Waals surface area contributed by atoms with E-state index in [1.54, 1.807) is 16.9 Å². The topological polar surface area (TPSA) is 100 Å². The first kappa shape index (κ1) is 18.3. The molecule has 28 heavy (non-hydrogen) atoms. The maximum atomic E-state index is 11.9. The van der Waals surface area contributed by atoms with Crippen LogP contribution in [0.1, 0.15) is 18.9 Å². The van der Waals surface area contributed by atoms with Crippen molar-refractivity contribution in [1.29, 1.82) is 0 Å². The molecule has 1 fully saturated rings. The second-order valence-corrected chi connectivity index (χ2v) is 6.88. The van der Waals surface area contributed by atoms with Crippen molar-refractivity contribution in [3.05, 3.63) is 46.9 Å². The molecule has 1 aliphatic heterocycles. The summed E-state index contributed by atoms with van der Waals surface area (Å²) in [5.74, 6) is 0.775. The second-order valence-electron chi connectivity index (χ2n) is 6.88. The zero-order valence-corrected chi connectivity index (χ0v) is 15.8.